The molecule has 0 fully saturated rings. The van der Waals surface area contributed by atoms with E-state index < -0.39 is 0 Å². The predicted octanol–water partition coefficient (Wildman–Crippen LogP) is 3.94. The third-order valence-corrected chi connectivity index (χ3v) is 3.00. The second-order valence-electron chi connectivity index (χ2n) is 4.23. The van der Waals surface area contributed by atoms with Gasteiger partial charge in [-0.1, -0.05) is 43.7 Å². The first-order valence-corrected chi connectivity index (χ1v) is 6.30. The van der Waals surface area contributed by atoms with Gasteiger partial charge in [-0.05, 0) is 18.4 Å². The fourth-order valence-electron chi connectivity index (χ4n) is 2.02. The zero-order valence-corrected chi connectivity index (χ0v) is 10.5. The number of hydrogen-bond donors (Lipinski definition) is 0. The maximum Gasteiger partial charge on any atom is 0.140 e. The molecule has 0 amide bonds. The molecule has 1 aromatic rings. The number of unbranched alkanes of at least 4 members (excludes halogenated alkanes) is 2. The van der Waals surface area contributed by atoms with Gasteiger partial charge in [0.25, 0.3) is 0 Å². The van der Waals surface area contributed by atoms with Gasteiger partial charge in [0.2, 0.25) is 0 Å². The number of carbonyl (C=O) groups is 1. The molecule has 90 valence electrons. The number of benzene rings is 1. The van der Waals surface area contributed by atoms with Crippen LogP contribution in [0.1, 0.15) is 50.5 Å². The standard InChI is InChI=1S/C16H20O/c1-3-5-6-10-13-15(16(17)4-2)14-11-8-7-9-12-14/h1,7-9,11-12,15H,4-6,10,13H2,2H3. The molecule has 0 bridgehead atoms. The van der Waals surface area contributed by atoms with Crippen molar-refractivity contribution >= 4 is 5.78 Å². The van der Waals surface area contributed by atoms with E-state index in [4.69, 9.17) is 6.42 Å². The van der Waals surface area contributed by atoms with Crippen molar-refractivity contribution in [3.05, 3.63) is 35.9 Å². The lowest BCUT2D eigenvalue weighted by Crippen LogP contribution is -2.11. The van der Waals surface area contributed by atoms with Gasteiger partial charge in [0.05, 0.1) is 0 Å². The lowest BCUT2D eigenvalue weighted by atomic mass is 9.88. The van der Waals surface area contributed by atoms with E-state index in [0.717, 1.165) is 31.2 Å². The second-order valence-corrected chi connectivity index (χ2v) is 4.23. The van der Waals surface area contributed by atoms with Crippen molar-refractivity contribution in [2.75, 3.05) is 0 Å². The summed E-state index contributed by atoms with van der Waals surface area (Å²) in [5, 5.41) is 0. The fraction of sp³-hybridized carbons (Fsp3) is 0.438. The Morgan fingerprint density at radius 1 is 1.29 bits per heavy atom. The van der Waals surface area contributed by atoms with Crippen molar-refractivity contribution in [3.8, 4) is 12.3 Å². The molecule has 0 aliphatic rings. The summed E-state index contributed by atoms with van der Waals surface area (Å²) in [6.07, 6.45) is 9.59. The molecule has 0 aromatic heterocycles. The lowest BCUT2D eigenvalue weighted by Gasteiger charge is -2.15. The van der Waals surface area contributed by atoms with Crippen molar-refractivity contribution in [1.29, 1.82) is 0 Å². The highest BCUT2D eigenvalue weighted by atomic mass is 16.1. The molecule has 0 saturated heterocycles. The summed E-state index contributed by atoms with van der Waals surface area (Å²) in [5.41, 5.74) is 1.14. The Labute approximate surface area is 104 Å². The first kappa shape index (κ1) is 13.5. The average Bonchev–Trinajstić information content (AvgIpc) is 2.39. The molecule has 0 aliphatic heterocycles. The Hall–Kier alpha value is -1.55. The maximum absolute atomic E-state index is 11.9. The third kappa shape index (κ3) is 4.44. The normalized spacial score (nSPS) is 11.8. The van der Waals surface area contributed by atoms with Gasteiger partial charge in [0.15, 0.2) is 0 Å². The molecule has 1 nitrogen and oxygen atoms in total. The first-order chi connectivity index (χ1) is 8.29. The molecule has 1 heteroatoms. The van der Waals surface area contributed by atoms with Crippen molar-refractivity contribution in [2.24, 2.45) is 0 Å². The number of carbonyl (C=O) groups excluding carboxylic acids is 1. The van der Waals surface area contributed by atoms with Crippen molar-refractivity contribution in [3.63, 3.8) is 0 Å². The Bertz CT molecular complexity index is 372. The largest absolute Gasteiger partial charge is 0.299 e. The molecule has 1 unspecified atom stereocenters. The predicted molar refractivity (Wildman–Crippen MR) is 71.8 cm³/mol. The zero-order valence-electron chi connectivity index (χ0n) is 10.5. The van der Waals surface area contributed by atoms with E-state index in [1.807, 2.05) is 37.3 Å². The van der Waals surface area contributed by atoms with Crippen LogP contribution in [0.2, 0.25) is 0 Å². The van der Waals surface area contributed by atoms with Gasteiger partial charge in [0.1, 0.15) is 5.78 Å². The lowest BCUT2D eigenvalue weighted by molar-refractivity contribution is -0.120. The van der Waals surface area contributed by atoms with Crippen LogP contribution in [-0.4, -0.2) is 5.78 Å². The number of hydrogen-bond acceptors (Lipinski definition) is 1. The van der Waals surface area contributed by atoms with Gasteiger partial charge in [-0.2, -0.15) is 0 Å². The summed E-state index contributed by atoms with van der Waals surface area (Å²) in [5.74, 6) is 3.02. The van der Waals surface area contributed by atoms with E-state index in [2.05, 4.69) is 5.92 Å². The highest BCUT2D eigenvalue weighted by molar-refractivity contribution is 5.85. The van der Waals surface area contributed by atoms with E-state index in [9.17, 15) is 4.79 Å². The van der Waals surface area contributed by atoms with Gasteiger partial charge in [-0.25, -0.2) is 0 Å². The molecule has 1 rings (SSSR count). The fourth-order valence-corrected chi connectivity index (χ4v) is 2.02. The van der Waals surface area contributed by atoms with E-state index >= 15 is 0 Å². The Kier molecular flexibility index (Phi) is 6.10. The van der Waals surface area contributed by atoms with Crippen LogP contribution in [0.25, 0.3) is 0 Å². The molecule has 0 heterocycles. The summed E-state index contributed by atoms with van der Waals surface area (Å²) in [6, 6.07) is 10.0. The number of ketones is 1. The molecule has 0 N–H and O–H groups in total. The molecule has 0 saturated carbocycles. The highest BCUT2D eigenvalue weighted by Gasteiger charge is 2.17. The minimum absolute atomic E-state index is 0.0546. The smallest absolute Gasteiger partial charge is 0.140 e. The molecule has 1 atom stereocenters. The average molecular weight is 228 g/mol. The molecule has 0 radical (unpaired) electrons. The molecular formula is C16H20O. The van der Waals surface area contributed by atoms with Crippen molar-refractivity contribution in [1.82, 2.24) is 0 Å². The van der Waals surface area contributed by atoms with Crippen LogP contribution in [0.15, 0.2) is 30.3 Å². The van der Waals surface area contributed by atoms with Crippen LogP contribution in [0.5, 0.6) is 0 Å². The highest BCUT2D eigenvalue weighted by Crippen LogP contribution is 2.24. The summed E-state index contributed by atoms with van der Waals surface area (Å²) in [4.78, 5) is 11.9. The van der Waals surface area contributed by atoms with Gasteiger partial charge >= 0.3 is 0 Å². The van der Waals surface area contributed by atoms with Crippen molar-refractivity contribution < 1.29 is 4.79 Å². The zero-order chi connectivity index (χ0) is 12.5. The Morgan fingerprint density at radius 3 is 2.59 bits per heavy atom. The van der Waals surface area contributed by atoms with E-state index in [1.54, 1.807) is 0 Å². The van der Waals surface area contributed by atoms with Crippen LogP contribution in [0, 0.1) is 12.3 Å². The molecule has 0 aliphatic carbocycles. The van der Waals surface area contributed by atoms with Gasteiger partial charge < -0.3 is 0 Å². The number of rotatable bonds is 7. The first-order valence-electron chi connectivity index (χ1n) is 6.30. The van der Waals surface area contributed by atoms with Gasteiger partial charge in [0, 0.05) is 18.8 Å². The summed E-state index contributed by atoms with van der Waals surface area (Å²) < 4.78 is 0. The molecule has 0 spiro atoms. The third-order valence-electron chi connectivity index (χ3n) is 3.00. The number of terminal acetylenes is 1. The monoisotopic (exact) mass is 228 g/mol. The van der Waals surface area contributed by atoms with Crippen LogP contribution < -0.4 is 0 Å². The quantitative estimate of drug-likeness (QED) is 0.510. The van der Waals surface area contributed by atoms with Crippen LogP contribution in [0.3, 0.4) is 0 Å². The number of Topliss-reactive ketones (excluding diaryl/α,β-unsaturated/α-hetero) is 1. The van der Waals surface area contributed by atoms with Gasteiger partial charge in [-0.3, -0.25) is 4.79 Å². The Balaban J connectivity index is 2.62. The molecular weight excluding hydrogens is 208 g/mol. The minimum Gasteiger partial charge on any atom is -0.299 e. The maximum atomic E-state index is 11.9. The SMILES string of the molecule is C#CCCCCC(C(=O)CC)c1ccccc1. The van der Waals surface area contributed by atoms with Crippen LogP contribution >= 0.6 is 0 Å². The van der Waals surface area contributed by atoms with Crippen LogP contribution in [0.4, 0.5) is 0 Å². The van der Waals surface area contributed by atoms with E-state index in [0.29, 0.717) is 12.2 Å². The Morgan fingerprint density at radius 2 is 2.00 bits per heavy atom. The van der Waals surface area contributed by atoms with Gasteiger partial charge in [-0.15, -0.1) is 12.3 Å². The summed E-state index contributed by atoms with van der Waals surface area (Å²) >= 11 is 0. The van der Waals surface area contributed by atoms with Crippen LogP contribution in [-0.2, 0) is 4.79 Å². The van der Waals surface area contributed by atoms with E-state index in [1.165, 1.54) is 0 Å². The summed E-state index contributed by atoms with van der Waals surface area (Å²) in [6.45, 7) is 1.93. The second kappa shape index (κ2) is 7.68. The summed E-state index contributed by atoms with van der Waals surface area (Å²) in [7, 11) is 0. The molecule has 17 heavy (non-hydrogen) atoms. The minimum atomic E-state index is 0.0546. The molecule has 1 aromatic carbocycles. The van der Waals surface area contributed by atoms with E-state index in [-0.39, 0.29) is 5.92 Å². The topological polar surface area (TPSA) is 17.1 Å². The van der Waals surface area contributed by atoms with Crippen molar-refractivity contribution in [2.45, 2.75) is 44.9 Å².